The van der Waals surface area contributed by atoms with Gasteiger partial charge in [-0.25, -0.2) is 9.59 Å². The Morgan fingerprint density at radius 1 is 0.733 bits per heavy atom. The van der Waals surface area contributed by atoms with Crippen LogP contribution in [0.3, 0.4) is 0 Å². The first kappa shape index (κ1) is 13.8. The van der Waals surface area contributed by atoms with E-state index in [0.717, 1.165) is 0 Å². The SMILES string of the molecule is CN(C)C(=O)N(C)[SiH2]N(C)C(=O)N(C)C. The van der Waals surface area contributed by atoms with E-state index in [1.165, 1.54) is 9.80 Å². The summed E-state index contributed by atoms with van der Waals surface area (Å²) >= 11 is 0. The van der Waals surface area contributed by atoms with Crippen LogP contribution in [0.4, 0.5) is 9.59 Å². The van der Waals surface area contributed by atoms with Crippen LogP contribution in [0.1, 0.15) is 0 Å². The van der Waals surface area contributed by atoms with E-state index in [9.17, 15) is 9.59 Å². The number of carbonyl (C=O) groups excluding carboxylic acids is 2. The van der Waals surface area contributed by atoms with Gasteiger partial charge in [-0.15, -0.1) is 0 Å². The maximum atomic E-state index is 11.5. The lowest BCUT2D eigenvalue weighted by atomic mass is 10.8. The van der Waals surface area contributed by atoms with Crippen molar-refractivity contribution in [2.24, 2.45) is 0 Å². The first-order valence-corrected chi connectivity index (χ1v) is 5.88. The van der Waals surface area contributed by atoms with Crippen molar-refractivity contribution < 1.29 is 9.59 Å². The van der Waals surface area contributed by atoms with Gasteiger partial charge in [0, 0.05) is 42.3 Å². The molecule has 0 unspecified atom stereocenters. The number of rotatable bonds is 2. The fourth-order valence-electron chi connectivity index (χ4n) is 1.12. The van der Waals surface area contributed by atoms with Crippen LogP contribution in [-0.4, -0.2) is 83.1 Å². The number of urea groups is 2. The Morgan fingerprint density at radius 2 is 1.00 bits per heavy atom. The third-order valence-electron chi connectivity index (χ3n) is 1.84. The summed E-state index contributed by atoms with van der Waals surface area (Å²) in [6.45, 7) is 0. The number of nitrogens with zero attached hydrogens (tertiary/aromatic N) is 4. The first-order chi connectivity index (χ1) is 6.77. The van der Waals surface area contributed by atoms with Gasteiger partial charge in [-0.2, -0.15) is 0 Å². The summed E-state index contributed by atoms with van der Waals surface area (Å²) in [7, 11) is 9.18. The van der Waals surface area contributed by atoms with E-state index in [1.54, 1.807) is 51.4 Å². The Balaban J connectivity index is 4.24. The van der Waals surface area contributed by atoms with E-state index < -0.39 is 9.84 Å². The highest BCUT2D eigenvalue weighted by Crippen LogP contribution is 1.94. The van der Waals surface area contributed by atoms with Gasteiger partial charge < -0.3 is 18.9 Å². The zero-order chi connectivity index (χ0) is 12.2. The van der Waals surface area contributed by atoms with Gasteiger partial charge in [0.25, 0.3) is 0 Å². The molecule has 0 bridgehead atoms. The molecule has 0 radical (unpaired) electrons. The van der Waals surface area contributed by atoms with Gasteiger partial charge in [-0.1, -0.05) is 0 Å². The molecule has 0 rings (SSSR count). The van der Waals surface area contributed by atoms with Crippen molar-refractivity contribution in [2.45, 2.75) is 0 Å². The molecule has 6 nitrogen and oxygen atoms in total. The van der Waals surface area contributed by atoms with Crippen molar-refractivity contribution >= 4 is 21.9 Å². The van der Waals surface area contributed by atoms with E-state index in [1.807, 2.05) is 0 Å². The molecule has 0 aliphatic carbocycles. The molecule has 0 atom stereocenters. The predicted molar refractivity (Wildman–Crippen MR) is 62.2 cm³/mol. The van der Waals surface area contributed by atoms with Crippen LogP contribution >= 0.6 is 0 Å². The third-order valence-corrected chi connectivity index (χ3v) is 3.23. The van der Waals surface area contributed by atoms with Crippen molar-refractivity contribution in [3.63, 3.8) is 0 Å². The second kappa shape index (κ2) is 5.59. The van der Waals surface area contributed by atoms with Gasteiger partial charge in [0.2, 0.25) is 9.84 Å². The number of hydrogen-bond acceptors (Lipinski definition) is 2. The van der Waals surface area contributed by atoms with Crippen molar-refractivity contribution in [1.82, 2.24) is 18.9 Å². The smallest absolute Gasteiger partial charge is 0.312 e. The molecule has 0 spiro atoms. The van der Waals surface area contributed by atoms with Gasteiger partial charge in [-0.05, 0) is 0 Å². The fraction of sp³-hybridized carbons (Fsp3) is 0.750. The molecule has 0 saturated heterocycles. The molecule has 4 amide bonds. The zero-order valence-corrected chi connectivity index (χ0v) is 11.7. The van der Waals surface area contributed by atoms with Crippen molar-refractivity contribution in [3.05, 3.63) is 0 Å². The van der Waals surface area contributed by atoms with Crippen molar-refractivity contribution in [2.75, 3.05) is 42.3 Å². The molecule has 0 saturated carbocycles. The van der Waals surface area contributed by atoms with Crippen molar-refractivity contribution in [1.29, 1.82) is 0 Å². The first-order valence-electron chi connectivity index (χ1n) is 4.62. The van der Waals surface area contributed by atoms with Crippen LogP contribution in [0.25, 0.3) is 0 Å². The lowest BCUT2D eigenvalue weighted by Gasteiger charge is -2.28. The zero-order valence-electron chi connectivity index (χ0n) is 10.3. The molecule has 15 heavy (non-hydrogen) atoms. The molecule has 0 aliphatic heterocycles. The van der Waals surface area contributed by atoms with Crippen LogP contribution in [0.5, 0.6) is 0 Å². The normalized spacial score (nSPS) is 9.47. The van der Waals surface area contributed by atoms with Crippen LogP contribution in [-0.2, 0) is 0 Å². The van der Waals surface area contributed by atoms with E-state index in [4.69, 9.17) is 0 Å². The summed E-state index contributed by atoms with van der Waals surface area (Å²) in [4.78, 5) is 26.0. The highest BCUT2D eigenvalue weighted by Gasteiger charge is 2.17. The summed E-state index contributed by atoms with van der Waals surface area (Å²) in [6.07, 6.45) is 0. The van der Waals surface area contributed by atoms with Crippen LogP contribution in [0, 0.1) is 0 Å². The van der Waals surface area contributed by atoms with Gasteiger partial charge >= 0.3 is 12.1 Å². The van der Waals surface area contributed by atoms with Crippen molar-refractivity contribution in [3.8, 4) is 0 Å². The highest BCUT2D eigenvalue weighted by atomic mass is 28.2. The van der Waals surface area contributed by atoms with Gasteiger partial charge in [0.15, 0.2) is 0 Å². The lowest BCUT2D eigenvalue weighted by Crippen LogP contribution is -2.49. The van der Waals surface area contributed by atoms with E-state index >= 15 is 0 Å². The molecule has 0 aromatic rings. The lowest BCUT2D eigenvalue weighted by molar-refractivity contribution is 0.194. The second-order valence-electron chi connectivity index (χ2n) is 3.89. The van der Waals surface area contributed by atoms with E-state index in [2.05, 4.69) is 0 Å². The molecule has 0 aliphatic rings. The number of amides is 4. The molecule has 0 heterocycles. The summed E-state index contributed by atoms with van der Waals surface area (Å²) in [5.41, 5.74) is 0. The van der Waals surface area contributed by atoms with E-state index in [0.29, 0.717) is 0 Å². The standard InChI is InChI=1S/C8H20N4O2Si/c1-9(2)7(13)11(5)15-12(6)8(14)10(3)4/h15H2,1-6H3. The van der Waals surface area contributed by atoms with E-state index in [-0.39, 0.29) is 12.1 Å². The Labute approximate surface area is 93.4 Å². The molecular weight excluding hydrogens is 212 g/mol. The molecular formula is C8H20N4O2Si. The fourth-order valence-corrected chi connectivity index (χ4v) is 2.57. The third kappa shape index (κ3) is 4.20. The average Bonchev–Trinajstić information content (AvgIpc) is 2.14. The molecule has 88 valence electrons. The minimum atomic E-state index is -1.04. The average molecular weight is 232 g/mol. The maximum Gasteiger partial charge on any atom is 0.312 e. The Bertz CT molecular complexity index is 221. The van der Waals surface area contributed by atoms with Gasteiger partial charge in [0.1, 0.15) is 0 Å². The summed E-state index contributed by atoms with van der Waals surface area (Å²) in [6, 6.07) is -0.139. The Kier molecular flexibility index (Phi) is 5.13. The van der Waals surface area contributed by atoms with Crippen LogP contribution < -0.4 is 0 Å². The van der Waals surface area contributed by atoms with Gasteiger partial charge in [-0.3, -0.25) is 0 Å². The molecule has 0 N–H and O–H groups in total. The summed E-state index contributed by atoms with van der Waals surface area (Å²) < 4.78 is 3.22. The quantitative estimate of drug-likeness (QED) is 0.586. The minimum Gasteiger partial charge on any atom is -0.341 e. The largest absolute Gasteiger partial charge is 0.341 e. The summed E-state index contributed by atoms with van der Waals surface area (Å²) in [5.74, 6) is 0. The molecule has 7 heteroatoms. The Hall–Kier alpha value is -1.24. The molecule has 0 fully saturated rings. The minimum absolute atomic E-state index is 0.0694. The van der Waals surface area contributed by atoms with Crippen LogP contribution in [0.15, 0.2) is 0 Å². The molecule has 0 aromatic carbocycles. The highest BCUT2D eigenvalue weighted by molar-refractivity contribution is 6.37. The maximum absolute atomic E-state index is 11.5. The van der Waals surface area contributed by atoms with Crippen LogP contribution in [0.2, 0.25) is 0 Å². The molecule has 0 aromatic heterocycles. The second-order valence-corrected chi connectivity index (χ2v) is 6.07. The van der Waals surface area contributed by atoms with Gasteiger partial charge in [0.05, 0.1) is 0 Å². The number of carbonyl (C=O) groups is 2. The summed E-state index contributed by atoms with van der Waals surface area (Å²) in [5, 5.41) is 0. The number of hydrogen-bond donors (Lipinski definition) is 0. The monoisotopic (exact) mass is 232 g/mol. The topological polar surface area (TPSA) is 47.1 Å². The predicted octanol–water partition coefficient (Wildman–Crippen LogP) is -0.788. The Morgan fingerprint density at radius 3 is 1.20 bits per heavy atom.